The maximum Gasteiger partial charge on any atom is 0.261 e. The predicted octanol–water partition coefficient (Wildman–Crippen LogP) is 4.36. The van der Waals surface area contributed by atoms with Crippen LogP contribution in [0.4, 0.5) is 0 Å². The maximum atomic E-state index is 12.9. The first-order valence-corrected chi connectivity index (χ1v) is 11.1. The normalized spacial score (nSPS) is 12.1. The summed E-state index contributed by atoms with van der Waals surface area (Å²) in [4.78, 5) is 22.0. The Morgan fingerprint density at radius 3 is 2.83 bits per heavy atom. The Balaban J connectivity index is 1.51. The van der Waals surface area contributed by atoms with Crippen molar-refractivity contribution >= 4 is 44.2 Å². The minimum atomic E-state index is -0.160. The number of nitrogens with two attached hydrogens (primary N) is 1. The third-order valence-electron chi connectivity index (χ3n) is 4.88. The molecule has 0 fully saturated rings. The summed E-state index contributed by atoms with van der Waals surface area (Å²) in [6.45, 7) is 0.353. The van der Waals surface area contributed by atoms with E-state index >= 15 is 0 Å². The monoisotopic (exact) mass is 484 g/mol. The van der Waals surface area contributed by atoms with Crippen LogP contribution in [-0.4, -0.2) is 35.6 Å². The molecule has 4 aromatic rings. The third-order valence-corrected chi connectivity index (χ3v) is 6.93. The minimum absolute atomic E-state index is 0.129. The summed E-state index contributed by atoms with van der Waals surface area (Å²) >= 11 is 5.05. The number of rotatable bonds is 7. The number of aromatic amines is 1. The molecule has 0 bridgehead atoms. The molecule has 30 heavy (non-hydrogen) atoms. The molecular formula is C22H21BrN4O2S. The first-order chi connectivity index (χ1) is 14.6. The van der Waals surface area contributed by atoms with Gasteiger partial charge in [0, 0.05) is 40.4 Å². The Labute approximate surface area is 186 Å². The number of fused-ring (bicyclic) bond motifs is 1. The van der Waals surface area contributed by atoms with E-state index in [0.717, 1.165) is 37.3 Å². The molecule has 0 aliphatic heterocycles. The quantitative estimate of drug-likeness (QED) is 0.363. The lowest BCUT2D eigenvalue weighted by Gasteiger charge is -2.16. The van der Waals surface area contributed by atoms with E-state index < -0.39 is 0 Å². The second kappa shape index (κ2) is 8.99. The van der Waals surface area contributed by atoms with E-state index in [1.807, 2.05) is 48.7 Å². The molecule has 0 radical (unpaired) electrons. The van der Waals surface area contributed by atoms with E-state index in [4.69, 9.17) is 10.5 Å². The average molecular weight is 485 g/mol. The molecule has 6 nitrogen and oxygen atoms in total. The van der Waals surface area contributed by atoms with Gasteiger partial charge in [0.15, 0.2) is 0 Å². The zero-order valence-electron chi connectivity index (χ0n) is 16.3. The van der Waals surface area contributed by atoms with Crippen molar-refractivity contribution in [1.29, 1.82) is 0 Å². The minimum Gasteiger partial charge on any atom is -0.497 e. The third kappa shape index (κ3) is 4.26. The Morgan fingerprint density at radius 2 is 2.10 bits per heavy atom. The summed E-state index contributed by atoms with van der Waals surface area (Å²) in [7, 11) is 1.64. The van der Waals surface area contributed by atoms with Crippen molar-refractivity contribution in [2.45, 2.75) is 12.5 Å². The van der Waals surface area contributed by atoms with Crippen LogP contribution in [-0.2, 0) is 6.42 Å². The lowest BCUT2D eigenvalue weighted by molar-refractivity contribution is 0.0942. The van der Waals surface area contributed by atoms with Gasteiger partial charge in [-0.3, -0.25) is 4.79 Å². The van der Waals surface area contributed by atoms with Gasteiger partial charge in [0.25, 0.3) is 5.91 Å². The number of carbonyl (C=O) groups excluding carboxylic acids is 1. The molecule has 1 atom stereocenters. The van der Waals surface area contributed by atoms with Gasteiger partial charge in [-0.15, -0.1) is 11.3 Å². The van der Waals surface area contributed by atoms with Gasteiger partial charge < -0.3 is 20.8 Å². The summed E-state index contributed by atoms with van der Waals surface area (Å²) in [6.07, 6.45) is 4.28. The lowest BCUT2D eigenvalue weighted by Crippen LogP contribution is -2.41. The van der Waals surface area contributed by atoms with E-state index in [2.05, 4.69) is 31.2 Å². The summed E-state index contributed by atoms with van der Waals surface area (Å²) < 4.78 is 6.07. The van der Waals surface area contributed by atoms with Crippen molar-refractivity contribution in [3.8, 4) is 16.2 Å². The number of H-pyrrole nitrogens is 1. The molecule has 154 valence electrons. The van der Waals surface area contributed by atoms with E-state index in [-0.39, 0.29) is 11.9 Å². The van der Waals surface area contributed by atoms with Crippen molar-refractivity contribution in [2.75, 3.05) is 13.7 Å². The van der Waals surface area contributed by atoms with Gasteiger partial charge in [-0.1, -0.05) is 12.1 Å². The van der Waals surface area contributed by atoms with E-state index in [9.17, 15) is 4.79 Å². The number of halogens is 1. The number of benzene rings is 1. The number of nitrogens with one attached hydrogen (secondary N) is 2. The number of aromatic nitrogens is 2. The van der Waals surface area contributed by atoms with Crippen LogP contribution in [0.15, 0.2) is 59.3 Å². The summed E-state index contributed by atoms with van der Waals surface area (Å²) in [5.41, 5.74) is 8.87. The number of ether oxygens (including phenoxy) is 1. The Hall–Kier alpha value is -2.68. The molecule has 1 aromatic carbocycles. The second-order valence-electron chi connectivity index (χ2n) is 6.84. The smallest absolute Gasteiger partial charge is 0.261 e. The first kappa shape index (κ1) is 20.6. The zero-order valence-corrected chi connectivity index (χ0v) is 18.7. The highest BCUT2D eigenvalue weighted by molar-refractivity contribution is 9.10. The van der Waals surface area contributed by atoms with Gasteiger partial charge in [0.05, 0.1) is 16.9 Å². The molecule has 0 aliphatic carbocycles. The zero-order chi connectivity index (χ0) is 21.1. The van der Waals surface area contributed by atoms with Crippen LogP contribution in [0, 0.1) is 0 Å². The van der Waals surface area contributed by atoms with Crippen molar-refractivity contribution in [3.63, 3.8) is 0 Å². The Kier molecular flexibility index (Phi) is 6.17. The number of hydrogen-bond acceptors (Lipinski definition) is 5. The Bertz CT molecular complexity index is 1170. The molecule has 0 aliphatic rings. The fourth-order valence-corrected chi connectivity index (χ4v) is 5.15. The van der Waals surface area contributed by atoms with E-state index in [0.29, 0.717) is 17.8 Å². The largest absolute Gasteiger partial charge is 0.497 e. The standard InChI is InChI=1S/C22H21BrN4O2S/c1-29-15-4-2-13(3-5-15)10-14(12-24)27-22(28)19-11-18(23)20(30-19)16-6-8-25-21-17(16)7-9-26-21/h2-9,11,14H,10,12,24H2,1H3,(H,25,26)(H,27,28)/t14-/m1/s1. The van der Waals surface area contributed by atoms with E-state index in [1.165, 1.54) is 11.3 Å². The molecule has 3 heterocycles. The van der Waals surface area contributed by atoms with Gasteiger partial charge in [-0.2, -0.15) is 0 Å². The van der Waals surface area contributed by atoms with Gasteiger partial charge in [-0.05, 0) is 58.2 Å². The van der Waals surface area contributed by atoms with Gasteiger partial charge in [0.1, 0.15) is 11.4 Å². The van der Waals surface area contributed by atoms with Crippen LogP contribution in [0.5, 0.6) is 5.75 Å². The predicted molar refractivity (Wildman–Crippen MR) is 124 cm³/mol. The number of amides is 1. The number of pyridine rings is 1. The van der Waals surface area contributed by atoms with Crippen LogP contribution in [0.2, 0.25) is 0 Å². The van der Waals surface area contributed by atoms with Gasteiger partial charge >= 0.3 is 0 Å². The highest BCUT2D eigenvalue weighted by Crippen LogP contribution is 2.39. The summed E-state index contributed by atoms with van der Waals surface area (Å²) in [6, 6.07) is 13.4. The number of thiophene rings is 1. The summed E-state index contributed by atoms with van der Waals surface area (Å²) in [5, 5.41) is 4.08. The molecule has 4 rings (SSSR count). The second-order valence-corrected chi connectivity index (χ2v) is 8.75. The van der Waals surface area contributed by atoms with Crippen molar-refractivity contribution in [3.05, 3.63) is 69.8 Å². The number of nitrogens with zero attached hydrogens (tertiary/aromatic N) is 1. The summed E-state index contributed by atoms with van der Waals surface area (Å²) in [5.74, 6) is 0.672. The molecule has 1 amide bonds. The van der Waals surface area contributed by atoms with Crippen LogP contribution < -0.4 is 15.8 Å². The number of carbonyl (C=O) groups is 1. The van der Waals surface area contributed by atoms with Crippen molar-refractivity contribution < 1.29 is 9.53 Å². The van der Waals surface area contributed by atoms with Gasteiger partial charge in [-0.25, -0.2) is 4.98 Å². The molecule has 0 unspecified atom stereocenters. The molecule has 3 aromatic heterocycles. The van der Waals surface area contributed by atoms with Crippen molar-refractivity contribution in [2.24, 2.45) is 5.73 Å². The van der Waals surface area contributed by atoms with Crippen LogP contribution in [0.1, 0.15) is 15.2 Å². The molecule has 4 N–H and O–H groups in total. The Morgan fingerprint density at radius 1 is 1.30 bits per heavy atom. The highest BCUT2D eigenvalue weighted by atomic mass is 79.9. The van der Waals surface area contributed by atoms with Crippen LogP contribution >= 0.6 is 27.3 Å². The molecule has 0 spiro atoms. The van der Waals surface area contributed by atoms with Crippen LogP contribution in [0.3, 0.4) is 0 Å². The first-order valence-electron chi connectivity index (χ1n) is 9.44. The molecule has 0 saturated heterocycles. The fourth-order valence-electron chi connectivity index (χ4n) is 3.32. The van der Waals surface area contributed by atoms with E-state index in [1.54, 1.807) is 13.3 Å². The SMILES string of the molecule is COc1ccc(C[C@H](CN)NC(=O)c2cc(Br)c(-c3ccnc4[nH]ccc34)s2)cc1. The number of methoxy groups -OCH3 is 1. The topological polar surface area (TPSA) is 93.0 Å². The maximum absolute atomic E-state index is 12.9. The fraction of sp³-hybridized carbons (Fsp3) is 0.182. The highest BCUT2D eigenvalue weighted by Gasteiger charge is 2.19. The molecule has 0 saturated carbocycles. The lowest BCUT2D eigenvalue weighted by atomic mass is 10.1. The van der Waals surface area contributed by atoms with Crippen LogP contribution in [0.25, 0.3) is 21.5 Å². The van der Waals surface area contributed by atoms with Crippen molar-refractivity contribution in [1.82, 2.24) is 15.3 Å². The average Bonchev–Trinajstić information content (AvgIpc) is 3.40. The molecular weight excluding hydrogens is 464 g/mol. The number of hydrogen-bond donors (Lipinski definition) is 3. The van der Waals surface area contributed by atoms with Gasteiger partial charge in [0.2, 0.25) is 0 Å². The molecule has 8 heteroatoms.